The third kappa shape index (κ3) is 4.13. The van der Waals surface area contributed by atoms with Crippen LogP contribution in [0.4, 0.5) is 0 Å². The molecule has 2 aromatic heterocycles. The summed E-state index contributed by atoms with van der Waals surface area (Å²) in [5.74, 6) is 0.900. The molecule has 0 aliphatic carbocycles. The van der Waals surface area contributed by atoms with E-state index in [1.54, 1.807) is 6.20 Å². The number of pyridine rings is 1. The summed E-state index contributed by atoms with van der Waals surface area (Å²) in [6.45, 7) is 0. The normalized spacial score (nSPS) is 11.6. The minimum atomic E-state index is 0.900. The SMILES string of the molecule is c1ccc(-c2nc3cc(-c4c5ccccc5c(-c5ccc6ccccc6c5)c5ccccc45)ccc3n2-c2cccnc2)cc1. The minimum Gasteiger partial charge on any atom is -0.291 e. The highest BCUT2D eigenvalue weighted by atomic mass is 15.1. The Morgan fingerprint density at radius 1 is 0.444 bits per heavy atom. The van der Waals surface area contributed by atoms with E-state index < -0.39 is 0 Å². The minimum absolute atomic E-state index is 0.900. The number of fused-ring (bicyclic) bond motifs is 4. The predicted octanol–water partition coefficient (Wildman–Crippen LogP) is 10.9. The van der Waals surface area contributed by atoms with Crippen LogP contribution in [-0.4, -0.2) is 14.5 Å². The molecule has 3 heteroatoms. The first-order chi connectivity index (χ1) is 22.3. The molecule has 0 N–H and O–H groups in total. The van der Waals surface area contributed by atoms with E-state index in [0.29, 0.717) is 0 Å². The fraction of sp³-hybridized carbons (Fsp3) is 0. The molecule has 0 spiro atoms. The highest BCUT2D eigenvalue weighted by molar-refractivity contribution is 6.22. The molecule has 0 amide bonds. The van der Waals surface area contributed by atoms with Crippen molar-refractivity contribution < 1.29 is 0 Å². The van der Waals surface area contributed by atoms with Crippen LogP contribution < -0.4 is 0 Å². The topological polar surface area (TPSA) is 30.7 Å². The summed E-state index contributed by atoms with van der Waals surface area (Å²) < 4.78 is 2.21. The molecule has 0 bridgehead atoms. The van der Waals surface area contributed by atoms with Crippen molar-refractivity contribution in [3.05, 3.63) is 164 Å². The summed E-state index contributed by atoms with van der Waals surface area (Å²) in [6, 6.07) is 54.2. The second-order valence-corrected chi connectivity index (χ2v) is 11.5. The lowest BCUT2D eigenvalue weighted by Gasteiger charge is -2.18. The maximum Gasteiger partial charge on any atom is 0.145 e. The van der Waals surface area contributed by atoms with Crippen LogP contribution in [0.3, 0.4) is 0 Å². The van der Waals surface area contributed by atoms with Gasteiger partial charge in [-0.15, -0.1) is 0 Å². The molecule has 9 rings (SSSR count). The summed E-state index contributed by atoms with van der Waals surface area (Å²) in [5.41, 5.74) is 8.92. The molecule has 2 heterocycles. The van der Waals surface area contributed by atoms with Crippen molar-refractivity contribution in [1.29, 1.82) is 0 Å². The van der Waals surface area contributed by atoms with E-state index in [2.05, 4.69) is 149 Å². The number of benzene rings is 7. The number of hydrogen-bond donors (Lipinski definition) is 0. The van der Waals surface area contributed by atoms with Crippen LogP contribution in [0.1, 0.15) is 0 Å². The number of nitrogens with zero attached hydrogens (tertiary/aromatic N) is 3. The van der Waals surface area contributed by atoms with E-state index in [4.69, 9.17) is 4.98 Å². The molecule has 0 unspecified atom stereocenters. The van der Waals surface area contributed by atoms with E-state index in [1.165, 1.54) is 49.0 Å². The summed E-state index contributed by atoms with van der Waals surface area (Å²) in [5, 5.41) is 7.44. The molecule has 9 aromatic rings. The molecule has 0 fully saturated rings. The van der Waals surface area contributed by atoms with Crippen molar-refractivity contribution in [2.45, 2.75) is 0 Å². The molecular weight excluding hydrogens is 546 g/mol. The molecule has 210 valence electrons. The van der Waals surface area contributed by atoms with Crippen molar-refractivity contribution in [1.82, 2.24) is 14.5 Å². The maximum absolute atomic E-state index is 5.23. The molecule has 0 saturated carbocycles. The Hall–Kier alpha value is -6.06. The lowest BCUT2D eigenvalue weighted by molar-refractivity contribution is 1.08. The third-order valence-electron chi connectivity index (χ3n) is 8.85. The van der Waals surface area contributed by atoms with Crippen molar-refractivity contribution in [3.63, 3.8) is 0 Å². The molecule has 0 radical (unpaired) electrons. The van der Waals surface area contributed by atoms with E-state index in [9.17, 15) is 0 Å². The van der Waals surface area contributed by atoms with Gasteiger partial charge >= 0.3 is 0 Å². The quantitative estimate of drug-likeness (QED) is 0.196. The lowest BCUT2D eigenvalue weighted by atomic mass is 9.85. The lowest BCUT2D eigenvalue weighted by Crippen LogP contribution is -1.97. The van der Waals surface area contributed by atoms with Crippen LogP contribution in [0.2, 0.25) is 0 Å². The van der Waals surface area contributed by atoms with Gasteiger partial charge in [-0.3, -0.25) is 9.55 Å². The van der Waals surface area contributed by atoms with Crippen LogP contribution in [0.25, 0.3) is 82.7 Å². The predicted molar refractivity (Wildman–Crippen MR) is 188 cm³/mol. The zero-order valence-corrected chi connectivity index (χ0v) is 24.4. The Bertz CT molecular complexity index is 2470. The molecule has 3 nitrogen and oxygen atoms in total. The van der Waals surface area contributed by atoms with Crippen molar-refractivity contribution in [2.75, 3.05) is 0 Å². The molecule has 0 aliphatic heterocycles. The molecule has 7 aromatic carbocycles. The molecule has 0 saturated heterocycles. The largest absolute Gasteiger partial charge is 0.291 e. The van der Waals surface area contributed by atoms with Crippen LogP contribution in [-0.2, 0) is 0 Å². The summed E-state index contributed by atoms with van der Waals surface area (Å²) in [4.78, 5) is 9.65. The summed E-state index contributed by atoms with van der Waals surface area (Å²) >= 11 is 0. The fourth-order valence-electron chi connectivity index (χ4n) is 6.86. The van der Waals surface area contributed by atoms with Gasteiger partial charge < -0.3 is 0 Å². The Morgan fingerprint density at radius 2 is 1.04 bits per heavy atom. The van der Waals surface area contributed by atoms with E-state index in [-0.39, 0.29) is 0 Å². The van der Waals surface area contributed by atoms with Crippen molar-refractivity contribution in [3.8, 4) is 39.3 Å². The molecular formula is C42H27N3. The van der Waals surface area contributed by atoms with Gasteiger partial charge in [0.2, 0.25) is 0 Å². The molecule has 0 atom stereocenters. The highest BCUT2D eigenvalue weighted by Crippen LogP contribution is 2.44. The maximum atomic E-state index is 5.23. The average molecular weight is 574 g/mol. The fourth-order valence-corrected chi connectivity index (χ4v) is 6.86. The zero-order valence-electron chi connectivity index (χ0n) is 24.4. The van der Waals surface area contributed by atoms with Gasteiger partial charge in [0.1, 0.15) is 5.82 Å². The molecule has 0 aliphatic rings. The van der Waals surface area contributed by atoms with E-state index >= 15 is 0 Å². The van der Waals surface area contributed by atoms with Gasteiger partial charge in [0.05, 0.1) is 22.9 Å². The Labute approximate surface area is 260 Å². The average Bonchev–Trinajstić information content (AvgIpc) is 3.50. The first-order valence-electron chi connectivity index (χ1n) is 15.2. The first kappa shape index (κ1) is 25.4. The number of rotatable bonds is 4. The van der Waals surface area contributed by atoms with E-state index in [1.807, 2.05) is 18.3 Å². The Morgan fingerprint density at radius 3 is 1.71 bits per heavy atom. The standard InChI is InChI=1S/C42H27N3/c1-2-12-29(13-3-1)42-44-38-26-32(22-23-39(38)45(42)33-15-10-24-43-27-33)41-36-18-8-6-16-34(36)40(35-17-7-9-19-37(35)41)31-21-20-28-11-4-5-14-30(28)25-31/h1-27H. The van der Waals surface area contributed by atoms with Crippen molar-refractivity contribution in [2.24, 2.45) is 0 Å². The zero-order chi connectivity index (χ0) is 29.7. The Kier molecular flexibility index (Phi) is 5.82. The van der Waals surface area contributed by atoms with Crippen LogP contribution >= 0.6 is 0 Å². The van der Waals surface area contributed by atoms with Gasteiger partial charge in [0.15, 0.2) is 0 Å². The third-order valence-corrected chi connectivity index (χ3v) is 8.85. The number of aromatic nitrogens is 3. The van der Waals surface area contributed by atoms with Gasteiger partial charge in [0.25, 0.3) is 0 Å². The van der Waals surface area contributed by atoms with Crippen LogP contribution in [0.15, 0.2) is 164 Å². The summed E-state index contributed by atoms with van der Waals surface area (Å²) in [6.07, 6.45) is 3.70. The number of hydrogen-bond acceptors (Lipinski definition) is 2. The second kappa shape index (κ2) is 10.3. The van der Waals surface area contributed by atoms with Gasteiger partial charge in [-0.1, -0.05) is 121 Å². The van der Waals surface area contributed by atoms with Crippen LogP contribution in [0, 0.1) is 0 Å². The summed E-state index contributed by atoms with van der Waals surface area (Å²) in [7, 11) is 0. The van der Waals surface area contributed by atoms with E-state index in [0.717, 1.165) is 33.7 Å². The van der Waals surface area contributed by atoms with Gasteiger partial charge in [0, 0.05) is 11.8 Å². The van der Waals surface area contributed by atoms with Crippen LogP contribution in [0.5, 0.6) is 0 Å². The highest BCUT2D eigenvalue weighted by Gasteiger charge is 2.19. The van der Waals surface area contributed by atoms with Crippen molar-refractivity contribution >= 4 is 43.4 Å². The van der Waals surface area contributed by atoms with Gasteiger partial charge in [-0.05, 0) is 84.9 Å². The smallest absolute Gasteiger partial charge is 0.145 e. The number of imidazole rings is 1. The molecule has 45 heavy (non-hydrogen) atoms. The first-order valence-corrected chi connectivity index (χ1v) is 15.2. The monoisotopic (exact) mass is 573 g/mol. The second-order valence-electron chi connectivity index (χ2n) is 11.5. The Balaban J connectivity index is 1.32. The van der Waals surface area contributed by atoms with Gasteiger partial charge in [-0.25, -0.2) is 4.98 Å². The van der Waals surface area contributed by atoms with Gasteiger partial charge in [-0.2, -0.15) is 0 Å².